The first kappa shape index (κ1) is 16.4. The number of fused-ring (bicyclic) bond motifs is 1. The van der Waals surface area contributed by atoms with Gasteiger partial charge in [-0.3, -0.25) is 24.1 Å². The number of nitrogens with two attached hydrogens (primary N) is 1. The van der Waals surface area contributed by atoms with Crippen molar-refractivity contribution in [1.82, 2.24) is 10.2 Å². The predicted octanol–water partition coefficient (Wildman–Crippen LogP) is 0.698. The summed E-state index contributed by atoms with van der Waals surface area (Å²) in [5.74, 6) is -2.06. The Morgan fingerprint density at radius 3 is 2.32 bits per heavy atom. The minimum absolute atomic E-state index is 0.163. The first-order valence-electron chi connectivity index (χ1n) is 7.58. The van der Waals surface area contributed by atoms with Crippen molar-refractivity contribution in [3.63, 3.8) is 0 Å². The van der Waals surface area contributed by atoms with Crippen molar-refractivity contribution < 1.29 is 19.2 Å². The molecule has 3 rings (SSSR count). The van der Waals surface area contributed by atoms with Gasteiger partial charge in [0.15, 0.2) is 0 Å². The third-order valence-corrected chi connectivity index (χ3v) is 3.84. The lowest BCUT2D eigenvalue weighted by Crippen LogP contribution is -2.33. The van der Waals surface area contributed by atoms with Gasteiger partial charge in [0.1, 0.15) is 0 Å². The molecule has 1 aliphatic rings. The number of hydrogen-bond donors (Lipinski definition) is 2. The molecule has 4 amide bonds. The molecule has 0 saturated heterocycles. The van der Waals surface area contributed by atoms with Crippen molar-refractivity contribution in [3.8, 4) is 0 Å². The molecular formula is C18H15N3O4. The molecular weight excluding hydrogens is 322 g/mol. The Hall–Kier alpha value is -3.48. The van der Waals surface area contributed by atoms with E-state index in [0.29, 0.717) is 0 Å². The van der Waals surface area contributed by atoms with Crippen molar-refractivity contribution in [2.24, 2.45) is 5.73 Å². The fourth-order valence-electron chi connectivity index (χ4n) is 2.61. The van der Waals surface area contributed by atoms with Gasteiger partial charge < -0.3 is 11.1 Å². The average Bonchev–Trinajstić information content (AvgIpc) is 2.85. The van der Waals surface area contributed by atoms with Crippen LogP contribution < -0.4 is 11.1 Å². The summed E-state index contributed by atoms with van der Waals surface area (Å²) in [6.07, 6.45) is 0. The third kappa shape index (κ3) is 3.25. The van der Waals surface area contributed by atoms with Crippen molar-refractivity contribution >= 4 is 23.6 Å². The molecule has 0 aromatic heterocycles. The number of nitrogens with zero attached hydrogens (tertiary/aromatic N) is 1. The van der Waals surface area contributed by atoms with Crippen molar-refractivity contribution in [3.05, 3.63) is 70.8 Å². The summed E-state index contributed by atoms with van der Waals surface area (Å²) in [5, 5.41) is 2.34. The number of hydrogen-bond acceptors (Lipinski definition) is 4. The van der Waals surface area contributed by atoms with Crippen LogP contribution >= 0.6 is 0 Å². The fraction of sp³-hybridized carbons (Fsp3) is 0.111. The minimum Gasteiger partial charge on any atom is -0.368 e. The second-order valence-electron chi connectivity index (χ2n) is 5.59. The maximum Gasteiger partial charge on any atom is 0.261 e. The average molecular weight is 337 g/mol. The van der Waals surface area contributed by atoms with E-state index in [2.05, 4.69) is 5.32 Å². The SMILES string of the molecule is NC(=O)CNC(=O)c1ccc2c(c1)C(=O)N(Cc1ccccc1)C2=O. The lowest BCUT2D eigenvalue weighted by molar-refractivity contribution is -0.117. The van der Waals surface area contributed by atoms with Gasteiger partial charge in [-0.1, -0.05) is 30.3 Å². The second kappa shape index (κ2) is 6.56. The molecule has 7 heteroatoms. The molecule has 3 N–H and O–H groups in total. The fourth-order valence-corrected chi connectivity index (χ4v) is 2.61. The van der Waals surface area contributed by atoms with Gasteiger partial charge in [0.05, 0.1) is 24.2 Å². The number of nitrogens with one attached hydrogen (secondary N) is 1. The van der Waals surface area contributed by atoms with Gasteiger partial charge in [0.2, 0.25) is 5.91 Å². The van der Waals surface area contributed by atoms with Crippen LogP contribution in [-0.2, 0) is 11.3 Å². The summed E-state index contributed by atoms with van der Waals surface area (Å²) in [7, 11) is 0. The van der Waals surface area contributed by atoms with E-state index in [9.17, 15) is 19.2 Å². The Kier molecular flexibility index (Phi) is 4.30. The Bertz CT molecular complexity index is 877. The Morgan fingerprint density at radius 1 is 0.960 bits per heavy atom. The van der Waals surface area contributed by atoms with E-state index in [4.69, 9.17) is 5.73 Å². The highest BCUT2D eigenvalue weighted by atomic mass is 16.2. The van der Waals surface area contributed by atoms with Gasteiger partial charge in [-0.05, 0) is 23.8 Å². The number of benzene rings is 2. The molecule has 0 fully saturated rings. The Morgan fingerprint density at radius 2 is 1.64 bits per heavy atom. The molecule has 7 nitrogen and oxygen atoms in total. The van der Waals surface area contributed by atoms with E-state index in [-0.39, 0.29) is 29.8 Å². The van der Waals surface area contributed by atoms with Crippen LogP contribution in [0.5, 0.6) is 0 Å². The van der Waals surface area contributed by atoms with Gasteiger partial charge in [0, 0.05) is 5.56 Å². The van der Waals surface area contributed by atoms with Gasteiger partial charge in [0.25, 0.3) is 17.7 Å². The zero-order valence-electron chi connectivity index (χ0n) is 13.2. The summed E-state index contributed by atoms with van der Waals surface area (Å²) >= 11 is 0. The van der Waals surface area contributed by atoms with E-state index in [1.54, 1.807) is 0 Å². The van der Waals surface area contributed by atoms with E-state index in [0.717, 1.165) is 10.5 Å². The Labute approximate surface area is 143 Å². The Balaban J connectivity index is 1.83. The first-order valence-corrected chi connectivity index (χ1v) is 7.58. The van der Waals surface area contributed by atoms with Gasteiger partial charge >= 0.3 is 0 Å². The minimum atomic E-state index is -0.671. The van der Waals surface area contributed by atoms with E-state index < -0.39 is 23.6 Å². The molecule has 0 unspecified atom stereocenters. The van der Waals surface area contributed by atoms with Crippen LogP contribution in [0.1, 0.15) is 36.6 Å². The molecule has 0 bridgehead atoms. The van der Waals surface area contributed by atoms with Crippen LogP contribution in [0.4, 0.5) is 0 Å². The standard InChI is InChI=1S/C18H15N3O4/c19-15(22)9-20-16(23)12-6-7-13-14(8-12)18(25)21(17(13)24)10-11-4-2-1-3-5-11/h1-8H,9-10H2,(H2,19,22)(H,20,23). The number of amides is 4. The highest BCUT2D eigenvalue weighted by Gasteiger charge is 2.35. The van der Waals surface area contributed by atoms with Crippen molar-refractivity contribution in [1.29, 1.82) is 0 Å². The zero-order valence-corrected chi connectivity index (χ0v) is 13.2. The summed E-state index contributed by atoms with van der Waals surface area (Å²) in [6, 6.07) is 13.4. The molecule has 0 radical (unpaired) electrons. The van der Waals surface area contributed by atoms with Crippen LogP contribution in [0.2, 0.25) is 0 Å². The number of primary amides is 1. The monoisotopic (exact) mass is 337 g/mol. The molecule has 1 heterocycles. The molecule has 126 valence electrons. The van der Waals surface area contributed by atoms with Crippen molar-refractivity contribution in [2.75, 3.05) is 6.54 Å². The maximum atomic E-state index is 12.6. The summed E-state index contributed by atoms with van der Waals surface area (Å²) in [4.78, 5) is 48.9. The van der Waals surface area contributed by atoms with E-state index >= 15 is 0 Å². The molecule has 0 spiro atoms. The van der Waals surface area contributed by atoms with Crippen LogP contribution in [0.3, 0.4) is 0 Å². The molecule has 2 aromatic rings. The van der Waals surface area contributed by atoms with Crippen molar-refractivity contribution in [2.45, 2.75) is 6.54 Å². The van der Waals surface area contributed by atoms with E-state index in [1.165, 1.54) is 18.2 Å². The highest BCUT2D eigenvalue weighted by molar-refractivity contribution is 6.22. The van der Waals surface area contributed by atoms with E-state index in [1.807, 2.05) is 30.3 Å². The summed E-state index contributed by atoms with van der Waals surface area (Å²) in [5.41, 5.74) is 6.43. The predicted molar refractivity (Wildman–Crippen MR) is 88.6 cm³/mol. The smallest absolute Gasteiger partial charge is 0.261 e. The molecule has 1 aliphatic heterocycles. The lowest BCUT2D eigenvalue weighted by Gasteiger charge is -2.13. The molecule has 25 heavy (non-hydrogen) atoms. The third-order valence-electron chi connectivity index (χ3n) is 3.84. The number of carbonyl (C=O) groups excluding carboxylic acids is 4. The number of carbonyl (C=O) groups is 4. The number of imide groups is 1. The van der Waals surface area contributed by atoms with Gasteiger partial charge in [-0.2, -0.15) is 0 Å². The molecule has 0 aliphatic carbocycles. The van der Waals surface area contributed by atoms with Crippen LogP contribution in [-0.4, -0.2) is 35.1 Å². The van der Waals surface area contributed by atoms with Crippen LogP contribution in [0, 0.1) is 0 Å². The maximum absolute atomic E-state index is 12.6. The topological polar surface area (TPSA) is 110 Å². The summed E-state index contributed by atoms with van der Waals surface area (Å²) in [6.45, 7) is -0.140. The molecule has 2 aromatic carbocycles. The second-order valence-corrected chi connectivity index (χ2v) is 5.59. The quantitative estimate of drug-likeness (QED) is 0.783. The normalized spacial score (nSPS) is 12.9. The largest absolute Gasteiger partial charge is 0.368 e. The first-order chi connectivity index (χ1) is 12.0. The zero-order chi connectivity index (χ0) is 18.0. The molecule has 0 saturated carbocycles. The van der Waals surface area contributed by atoms with Crippen LogP contribution in [0.15, 0.2) is 48.5 Å². The van der Waals surface area contributed by atoms with Gasteiger partial charge in [-0.25, -0.2) is 0 Å². The van der Waals surface area contributed by atoms with Gasteiger partial charge in [-0.15, -0.1) is 0 Å². The number of rotatable bonds is 5. The summed E-state index contributed by atoms with van der Waals surface area (Å²) < 4.78 is 0. The lowest BCUT2D eigenvalue weighted by atomic mass is 10.1. The highest BCUT2D eigenvalue weighted by Crippen LogP contribution is 2.25. The van der Waals surface area contributed by atoms with Crippen LogP contribution in [0.25, 0.3) is 0 Å². The molecule has 0 atom stereocenters.